The van der Waals surface area contributed by atoms with Gasteiger partial charge < -0.3 is 9.11 Å². The Bertz CT molecular complexity index is 2030. The standard InChI is InChI=1S/2C30H48O3S.Ba/c2*1-3-5-7-9-11-13-15-17-21-26-25-27-22-19-20-24-29(27)30(34(31,32)33)28(26)23-18-16-14-12-10-8-6-4-2;/h2*19-20,22,24-25H,3-18,21,23H2,1-2H3,(H,31,32,33);/q;;+2/p-2. The van der Waals surface area contributed by atoms with E-state index in [2.05, 4.69) is 39.8 Å². The topological polar surface area (TPSA) is 114 Å². The van der Waals surface area contributed by atoms with Crippen molar-refractivity contribution in [3.8, 4) is 0 Å². The summed E-state index contributed by atoms with van der Waals surface area (Å²) in [5, 5.41) is 2.91. The molecule has 0 amide bonds. The molecule has 0 spiro atoms. The smallest absolute Gasteiger partial charge is 0.744 e. The molecule has 0 aliphatic carbocycles. The van der Waals surface area contributed by atoms with Gasteiger partial charge in [0.2, 0.25) is 0 Å². The van der Waals surface area contributed by atoms with Crippen LogP contribution < -0.4 is 0 Å². The number of unbranched alkanes of at least 4 members (excludes halogenated alkanes) is 28. The van der Waals surface area contributed by atoms with E-state index >= 15 is 0 Å². The normalized spacial score (nSPS) is 11.8. The zero-order valence-electron chi connectivity index (χ0n) is 44.2. The monoisotopic (exact) mass is 1110 g/mol. The van der Waals surface area contributed by atoms with Crippen LogP contribution in [-0.4, -0.2) is 74.8 Å². The van der Waals surface area contributed by atoms with Gasteiger partial charge in [-0.1, -0.05) is 268 Å². The first kappa shape index (κ1) is 63.9. The van der Waals surface area contributed by atoms with Crippen LogP contribution >= 0.6 is 0 Å². The van der Waals surface area contributed by atoms with Crippen LogP contribution in [0.1, 0.15) is 255 Å². The van der Waals surface area contributed by atoms with Crippen molar-refractivity contribution >= 4 is 90.7 Å². The molecule has 9 heteroatoms. The molecule has 4 rings (SSSR count). The van der Waals surface area contributed by atoms with Gasteiger partial charge in [-0.3, -0.25) is 0 Å². The molecule has 69 heavy (non-hydrogen) atoms. The van der Waals surface area contributed by atoms with Crippen LogP contribution in [0.25, 0.3) is 21.5 Å². The first-order chi connectivity index (χ1) is 33.0. The fraction of sp³-hybridized carbons (Fsp3) is 0.667. The maximum atomic E-state index is 12.4. The molecule has 0 aliphatic heterocycles. The molecule has 0 heterocycles. The third kappa shape index (κ3) is 25.5. The van der Waals surface area contributed by atoms with E-state index in [0.717, 1.165) is 97.2 Å². The van der Waals surface area contributed by atoms with Crippen LogP contribution in [0.5, 0.6) is 0 Å². The zero-order valence-corrected chi connectivity index (χ0v) is 50.3. The number of hydrogen-bond donors (Lipinski definition) is 0. The maximum Gasteiger partial charge on any atom is 2.00 e. The first-order valence-electron chi connectivity index (χ1n) is 28.0. The summed E-state index contributed by atoms with van der Waals surface area (Å²) in [5.41, 5.74) is 3.73. The molecule has 0 bridgehead atoms. The fourth-order valence-electron chi connectivity index (χ4n) is 10.2. The third-order valence-corrected chi connectivity index (χ3v) is 16.0. The average molecular weight is 1110 g/mol. The van der Waals surface area contributed by atoms with Crippen LogP contribution in [0.4, 0.5) is 0 Å². The molecular formula is C60H94BaO6S2. The van der Waals surface area contributed by atoms with E-state index in [1.807, 2.05) is 36.4 Å². The van der Waals surface area contributed by atoms with Crippen LogP contribution in [0.15, 0.2) is 70.5 Å². The summed E-state index contributed by atoms with van der Waals surface area (Å²) in [6.07, 6.45) is 42.3. The number of rotatable bonds is 38. The Morgan fingerprint density at radius 1 is 0.333 bits per heavy atom. The predicted molar refractivity (Wildman–Crippen MR) is 295 cm³/mol. The van der Waals surface area contributed by atoms with Crippen molar-refractivity contribution in [1.29, 1.82) is 0 Å². The molecule has 384 valence electrons. The number of aryl methyl sites for hydroxylation is 2. The van der Waals surface area contributed by atoms with Gasteiger partial charge in [0.25, 0.3) is 0 Å². The minimum Gasteiger partial charge on any atom is -0.744 e. The number of benzene rings is 4. The van der Waals surface area contributed by atoms with Gasteiger partial charge in [-0.05, 0) is 95.2 Å². The van der Waals surface area contributed by atoms with Crippen LogP contribution in [0.2, 0.25) is 0 Å². The Labute approximate surface area is 463 Å². The van der Waals surface area contributed by atoms with Gasteiger partial charge in [0.05, 0.1) is 9.79 Å². The van der Waals surface area contributed by atoms with Crippen molar-refractivity contribution in [1.82, 2.24) is 0 Å². The summed E-state index contributed by atoms with van der Waals surface area (Å²) in [4.78, 5) is 0.0891. The van der Waals surface area contributed by atoms with Crippen molar-refractivity contribution in [2.24, 2.45) is 0 Å². The minimum absolute atomic E-state index is 0. The largest absolute Gasteiger partial charge is 2.00 e. The van der Waals surface area contributed by atoms with E-state index in [1.54, 1.807) is 12.1 Å². The molecule has 0 atom stereocenters. The Morgan fingerprint density at radius 3 is 0.826 bits per heavy atom. The molecule has 4 aromatic rings. The van der Waals surface area contributed by atoms with Gasteiger partial charge in [-0.15, -0.1) is 0 Å². The minimum atomic E-state index is -4.54. The summed E-state index contributed by atoms with van der Waals surface area (Å²) in [6, 6.07) is 19.2. The van der Waals surface area contributed by atoms with E-state index in [9.17, 15) is 25.9 Å². The fourth-order valence-corrected chi connectivity index (χ4v) is 12.1. The SMILES string of the molecule is CCCCCCCCCCc1cc2ccccc2c(S(=O)(=O)[O-])c1CCCCCCCCCC.CCCCCCCCCCc1cc2ccccc2c(S(=O)(=O)[O-])c1CCCCCCCCCC.[Ba+2]. The molecule has 0 aromatic heterocycles. The summed E-state index contributed by atoms with van der Waals surface area (Å²) in [7, 11) is -9.08. The molecular weight excluding hydrogens is 1020 g/mol. The zero-order chi connectivity index (χ0) is 49.3. The van der Waals surface area contributed by atoms with Crippen molar-refractivity contribution in [2.75, 3.05) is 0 Å². The van der Waals surface area contributed by atoms with E-state index in [0.29, 0.717) is 23.6 Å². The van der Waals surface area contributed by atoms with Gasteiger partial charge in [0.1, 0.15) is 20.2 Å². The molecule has 0 saturated heterocycles. The number of fused-ring (bicyclic) bond motifs is 2. The molecule has 0 fully saturated rings. The van der Waals surface area contributed by atoms with Gasteiger partial charge in [0.15, 0.2) is 0 Å². The maximum absolute atomic E-state index is 12.4. The van der Waals surface area contributed by atoms with Crippen LogP contribution in [0, 0.1) is 0 Å². The van der Waals surface area contributed by atoms with E-state index in [-0.39, 0.29) is 58.7 Å². The summed E-state index contributed by atoms with van der Waals surface area (Å²) in [6.45, 7) is 8.95. The summed E-state index contributed by atoms with van der Waals surface area (Å²) >= 11 is 0. The second kappa shape index (κ2) is 38.4. The summed E-state index contributed by atoms with van der Waals surface area (Å²) in [5.74, 6) is 0. The van der Waals surface area contributed by atoms with Gasteiger partial charge >= 0.3 is 48.9 Å². The van der Waals surface area contributed by atoms with Crippen molar-refractivity contribution in [3.05, 3.63) is 82.9 Å². The molecule has 0 saturated carbocycles. The second-order valence-corrected chi connectivity index (χ2v) is 22.6. The molecule has 0 N–H and O–H groups in total. The molecule has 0 aliphatic rings. The van der Waals surface area contributed by atoms with Crippen molar-refractivity contribution in [3.63, 3.8) is 0 Å². The average Bonchev–Trinajstić information content (AvgIpc) is 3.31. The quantitative estimate of drug-likeness (QED) is 0.0251. The van der Waals surface area contributed by atoms with Crippen LogP contribution in [0.3, 0.4) is 0 Å². The Kier molecular flexibility index (Phi) is 35.5. The van der Waals surface area contributed by atoms with Gasteiger partial charge in [0, 0.05) is 0 Å². The Hall–Kier alpha value is -1.21. The summed E-state index contributed by atoms with van der Waals surface area (Å²) < 4.78 is 74.4. The van der Waals surface area contributed by atoms with Gasteiger partial charge in [-0.25, -0.2) is 16.8 Å². The molecule has 6 nitrogen and oxygen atoms in total. The first-order valence-corrected chi connectivity index (χ1v) is 30.8. The van der Waals surface area contributed by atoms with E-state index in [1.165, 1.54) is 154 Å². The molecule has 4 aromatic carbocycles. The van der Waals surface area contributed by atoms with Crippen LogP contribution in [-0.2, 0) is 45.9 Å². The predicted octanol–water partition coefficient (Wildman–Crippen LogP) is 17.8. The number of hydrogen-bond acceptors (Lipinski definition) is 6. The molecule has 0 unspecified atom stereocenters. The second-order valence-electron chi connectivity index (χ2n) is 19.9. The van der Waals surface area contributed by atoms with Gasteiger partial charge in [-0.2, -0.15) is 0 Å². The van der Waals surface area contributed by atoms with Crippen molar-refractivity contribution in [2.45, 2.75) is 269 Å². The van der Waals surface area contributed by atoms with Crippen molar-refractivity contribution < 1.29 is 25.9 Å². The van der Waals surface area contributed by atoms with E-state index < -0.39 is 20.2 Å². The molecule has 0 radical (unpaired) electrons. The Morgan fingerprint density at radius 2 is 0.565 bits per heavy atom. The Balaban J connectivity index is 0.000000467. The third-order valence-electron chi connectivity index (χ3n) is 14.1. The van der Waals surface area contributed by atoms with E-state index in [4.69, 9.17) is 0 Å².